The predicted molar refractivity (Wildman–Crippen MR) is 78.2 cm³/mol. The fraction of sp³-hybridized carbons (Fsp3) is 0.333. The van der Waals surface area contributed by atoms with E-state index >= 15 is 0 Å². The molecule has 0 aromatic heterocycles. The van der Waals surface area contributed by atoms with Crippen LogP contribution in [0.25, 0.3) is 0 Å². The van der Waals surface area contributed by atoms with Crippen molar-refractivity contribution >= 4 is 23.4 Å². The highest BCUT2D eigenvalue weighted by molar-refractivity contribution is 6.31. The Hall–Kier alpha value is -1.81. The summed E-state index contributed by atoms with van der Waals surface area (Å²) in [6.07, 6.45) is 1.23. The Kier molecular flexibility index (Phi) is 4.45. The summed E-state index contributed by atoms with van der Waals surface area (Å²) in [4.78, 5) is 27.0. The van der Waals surface area contributed by atoms with Crippen molar-refractivity contribution in [2.45, 2.75) is 20.0 Å². The Morgan fingerprint density at radius 1 is 1.45 bits per heavy atom. The van der Waals surface area contributed by atoms with Crippen molar-refractivity contribution in [1.82, 2.24) is 9.80 Å². The summed E-state index contributed by atoms with van der Waals surface area (Å²) < 4.78 is 0. The van der Waals surface area contributed by atoms with Gasteiger partial charge in [0, 0.05) is 24.7 Å². The maximum Gasteiger partial charge on any atom is 0.246 e. The van der Waals surface area contributed by atoms with Crippen molar-refractivity contribution in [2.24, 2.45) is 0 Å². The number of hydrogen-bond acceptors (Lipinski definition) is 2. The van der Waals surface area contributed by atoms with Crippen LogP contribution in [0.4, 0.5) is 0 Å². The number of benzene rings is 1. The molecule has 0 aliphatic carbocycles. The number of amides is 2. The van der Waals surface area contributed by atoms with Gasteiger partial charge in [-0.3, -0.25) is 9.59 Å². The van der Waals surface area contributed by atoms with Crippen LogP contribution >= 0.6 is 11.6 Å². The van der Waals surface area contributed by atoms with Gasteiger partial charge in [-0.05, 0) is 30.2 Å². The molecule has 2 amide bonds. The standard InChI is InChI=1S/C15H17ClN2O2/c1-3-14(19)17(4-2)10-15(20)18-8-11-6-5-7-13(16)12(11)9-18/h3,5-7H,1,4,8-10H2,2H3. The van der Waals surface area contributed by atoms with Gasteiger partial charge in [-0.15, -0.1) is 0 Å². The van der Waals surface area contributed by atoms with Crippen molar-refractivity contribution in [2.75, 3.05) is 13.1 Å². The topological polar surface area (TPSA) is 40.6 Å². The first kappa shape index (κ1) is 14.6. The van der Waals surface area contributed by atoms with Crippen LogP contribution in [0.15, 0.2) is 30.9 Å². The fourth-order valence-corrected chi connectivity index (χ4v) is 2.55. The van der Waals surface area contributed by atoms with E-state index in [-0.39, 0.29) is 18.4 Å². The van der Waals surface area contributed by atoms with E-state index in [1.54, 1.807) is 4.90 Å². The lowest BCUT2D eigenvalue weighted by Crippen LogP contribution is -2.40. The molecular weight excluding hydrogens is 276 g/mol. The van der Waals surface area contributed by atoms with E-state index in [0.29, 0.717) is 24.7 Å². The quantitative estimate of drug-likeness (QED) is 0.799. The van der Waals surface area contributed by atoms with Crippen LogP contribution in [-0.4, -0.2) is 34.7 Å². The van der Waals surface area contributed by atoms with Crippen LogP contribution in [0.1, 0.15) is 18.1 Å². The molecule has 0 atom stereocenters. The van der Waals surface area contributed by atoms with Gasteiger partial charge >= 0.3 is 0 Å². The monoisotopic (exact) mass is 292 g/mol. The lowest BCUT2D eigenvalue weighted by molar-refractivity contribution is -0.138. The van der Waals surface area contributed by atoms with E-state index in [2.05, 4.69) is 6.58 Å². The van der Waals surface area contributed by atoms with Crippen molar-refractivity contribution < 1.29 is 9.59 Å². The maximum atomic E-state index is 12.3. The second-order valence-electron chi connectivity index (χ2n) is 4.68. The molecule has 1 aromatic carbocycles. The molecule has 1 heterocycles. The van der Waals surface area contributed by atoms with Gasteiger partial charge in [-0.2, -0.15) is 0 Å². The first-order valence-corrected chi connectivity index (χ1v) is 6.90. The summed E-state index contributed by atoms with van der Waals surface area (Å²) in [5.74, 6) is -0.301. The second kappa shape index (κ2) is 6.09. The first-order chi connectivity index (χ1) is 9.56. The van der Waals surface area contributed by atoms with Gasteiger partial charge in [-0.1, -0.05) is 30.3 Å². The Bertz CT molecular complexity index is 557. The molecule has 0 saturated heterocycles. The lowest BCUT2D eigenvalue weighted by atomic mass is 10.1. The minimum atomic E-state index is -0.226. The zero-order chi connectivity index (χ0) is 14.7. The van der Waals surface area contributed by atoms with Crippen LogP contribution in [-0.2, 0) is 22.7 Å². The molecule has 20 heavy (non-hydrogen) atoms. The molecule has 0 saturated carbocycles. The van der Waals surface area contributed by atoms with Crippen molar-refractivity contribution in [3.05, 3.63) is 47.0 Å². The smallest absolute Gasteiger partial charge is 0.246 e. The number of halogens is 1. The predicted octanol–water partition coefficient (Wildman–Crippen LogP) is 2.22. The van der Waals surface area contributed by atoms with Gasteiger partial charge < -0.3 is 9.80 Å². The molecule has 5 heteroatoms. The molecule has 106 valence electrons. The highest BCUT2D eigenvalue weighted by atomic mass is 35.5. The van der Waals surface area contributed by atoms with Crippen molar-refractivity contribution in [3.8, 4) is 0 Å². The van der Waals surface area contributed by atoms with Gasteiger partial charge in [0.05, 0.1) is 0 Å². The van der Waals surface area contributed by atoms with Crippen molar-refractivity contribution in [1.29, 1.82) is 0 Å². The SMILES string of the molecule is C=CC(=O)N(CC)CC(=O)N1Cc2cccc(Cl)c2C1. The molecule has 0 fully saturated rings. The normalized spacial score (nSPS) is 13.0. The van der Waals surface area contributed by atoms with E-state index in [0.717, 1.165) is 11.1 Å². The molecular formula is C15H17ClN2O2. The summed E-state index contributed by atoms with van der Waals surface area (Å²) in [7, 11) is 0. The number of nitrogens with zero attached hydrogens (tertiary/aromatic N) is 2. The fourth-order valence-electron chi connectivity index (χ4n) is 2.30. The zero-order valence-corrected chi connectivity index (χ0v) is 12.2. The highest BCUT2D eigenvalue weighted by Gasteiger charge is 2.26. The number of rotatable bonds is 4. The van der Waals surface area contributed by atoms with E-state index in [4.69, 9.17) is 11.6 Å². The van der Waals surface area contributed by atoms with Gasteiger partial charge in [0.15, 0.2) is 0 Å². The van der Waals surface area contributed by atoms with Gasteiger partial charge in [0.25, 0.3) is 0 Å². The molecule has 0 unspecified atom stereocenters. The third-order valence-corrected chi connectivity index (χ3v) is 3.83. The summed E-state index contributed by atoms with van der Waals surface area (Å²) in [6, 6.07) is 5.68. The number of carbonyl (C=O) groups is 2. The molecule has 2 rings (SSSR count). The van der Waals surface area contributed by atoms with Crippen molar-refractivity contribution in [3.63, 3.8) is 0 Å². The van der Waals surface area contributed by atoms with E-state index < -0.39 is 0 Å². The third-order valence-electron chi connectivity index (χ3n) is 3.47. The number of carbonyl (C=O) groups excluding carboxylic acids is 2. The lowest BCUT2D eigenvalue weighted by Gasteiger charge is -2.22. The van der Waals surface area contributed by atoms with E-state index in [1.807, 2.05) is 25.1 Å². The van der Waals surface area contributed by atoms with Gasteiger partial charge in [0.2, 0.25) is 11.8 Å². The summed E-state index contributed by atoms with van der Waals surface area (Å²) in [5, 5.41) is 0.687. The molecule has 0 spiro atoms. The second-order valence-corrected chi connectivity index (χ2v) is 5.09. The Balaban J connectivity index is 2.04. The van der Waals surface area contributed by atoms with E-state index in [9.17, 15) is 9.59 Å². The van der Waals surface area contributed by atoms with Crippen LogP contribution in [0, 0.1) is 0 Å². The molecule has 1 aromatic rings. The Morgan fingerprint density at radius 3 is 2.80 bits per heavy atom. The minimum Gasteiger partial charge on any atom is -0.332 e. The zero-order valence-electron chi connectivity index (χ0n) is 11.4. The number of likely N-dealkylation sites (N-methyl/N-ethyl adjacent to an activating group) is 1. The minimum absolute atomic E-state index is 0.0747. The largest absolute Gasteiger partial charge is 0.332 e. The maximum absolute atomic E-state index is 12.3. The Labute approximate surface area is 123 Å². The average Bonchev–Trinajstić information content (AvgIpc) is 2.89. The molecule has 0 N–H and O–H groups in total. The summed E-state index contributed by atoms with van der Waals surface area (Å²) in [5.41, 5.74) is 2.07. The van der Waals surface area contributed by atoms with E-state index in [1.165, 1.54) is 11.0 Å². The number of hydrogen-bond donors (Lipinski definition) is 0. The molecule has 0 bridgehead atoms. The Morgan fingerprint density at radius 2 is 2.20 bits per heavy atom. The van der Waals surface area contributed by atoms with Crippen LogP contribution < -0.4 is 0 Å². The highest BCUT2D eigenvalue weighted by Crippen LogP contribution is 2.28. The van der Waals surface area contributed by atoms with Gasteiger partial charge in [-0.25, -0.2) is 0 Å². The summed E-state index contributed by atoms with van der Waals surface area (Å²) in [6.45, 7) is 6.90. The average molecular weight is 293 g/mol. The molecule has 1 aliphatic heterocycles. The van der Waals surface area contributed by atoms with Crippen LogP contribution in [0.5, 0.6) is 0 Å². The summed E-state index contributed by atoms with van der Waals surface area (Å²) >= 11 is 6.13. The van der Waals surface area contributed by atoms with Gasteiger partial charge in [0.1, 0.15) is 6.54 Å². The van der Waals surface area contributed by atoms with Crippen LogP contribution in [0.3, 0.4) is 0 Å². The molecule has 0 radical (unpaired) electrons. The molecule has 1 aliphatic rings. The molecule has 4 nitrogen and oxygen atoms in total. The third kappa shape index (κ3) is 2.85. The number of fused-ring (bicyclic) bond motifs is 1. The first-order valence-electron chi connectivity index (χ1n) is 6.52. The van der Waals surface area contributed by atoms with Crippen LogP contribution in [0.2, 0.25) is 5.02 Å².